The van der Waals surface area contributed by atoms with Gasteiger partial charge < -0.3 is 8.83 Å². The van der Waals surface area contributed by atoms with Gasteiger partial charge in [0.2, 0.25) is 5.13 Å². The van der Waals surface area contributed by atoms with Gasteiger partial charge in [0.05, 0.1) is 22.5 Å². The predicted octanol–water partition coefficient (Wildman–Crippen LogP) is 4.86. The summed E-state index contributed by atoms with van der Waals surface area (Å²) in [7, 11) is 0. The van der Waals surface area contributed by atoms with E-state index in [9.17, 15) is 9.59 Å². The molecular weight excluding hydrogens is 414 g/mol. The summed E-state index contributed by atoms with van der Waals surface area (Å²) in [5.74, 6) is 0. The maximum absolute atomic E-state index is 12.3. The molecule has 0 aliphatic carbocycles. The van der Waals surface area contributed by atoms with Gasteiger partial charge in [0, 0.05) is 16.2 Å². The molecule has 0 saturated carbocycles. The average molecular weight is 429 g/mol. The van der Waals surface area contributed by atoms with Gasteiger partial charge in [0.25, 0.3) is 0 Å². The topological polar surface area (TPSA) is 97.7 Å². The molecule has 5 rings (SSSR count). The Hall–Kier alpha value is -4.04. The van der Waals surface area contributed by atoms with Crippen LogP contribution in [0.4, 0.5) is 5.13 Å². The zero-order chi connectivity index (χ0) is 21.4. The van der Waals surface area contributed by atoms with E-state index in [0.29, 0.717) is 38.8 Å². The summed E-state index contributed by atoms with van der Waals surface area (Å²) < 4.78 is 10.7. The third-order valence-corrected chi connectivity index (χ3v) is 5.52. The number of nitrogens with one attached hydrogen (secondary N) is 1. The Morgan fingerprint density at radius 3 is 2.32 bits per heavy atom. The molecule has 0 radical (unpaired) electrons. The van der Waals surface area contributed by atoms with Gasteiger partial charge in [-0.15, -0.1) is 11.3 Å². The molecule has 0 aliphatic rings. The van der Waals surface area contributed by atoms with Crippen LogP contribution in [0.2, 0.25) is 0 Å². The van der Waals surface area contributed by atoms with Crippen LogP contribution >= 0.6 is 11.3 Å². The zero-order valence-corrected chi connectivity index (χ0v) is 17.1. The summed E-state index contributed by atoms with van der Waals surface area (Å²) in [5.41, 5.74) is 4.66. The van der Waals surface area contributed by atoms with Crippen molar-refractivity contribution in [2.75, 3.05) is 5.43 Å². The molecule has 0 atom stereocenters. The molecule has 2 aromatic carbocycles. The largest absolute Gasteiger partial charge is 0.422 e. The summed E-state index contributed by atoms with van der Waals surface area (Å²) in [6.45, 7) is 1.71. The Labute approximate surface area is 179 Å². The molecule has 0 amide bonds. The van der Waals surface area contributed by atoms with Crippen molar-refractivity contribution in [3.8, 4) is 11.3 Å². The summed E-state index contributed by atoms with van der Waals surface area (Å²) in [6, 6.07) is 18.1. The fourth-order valence-electron chi connectivity index (χ4n) is 3.20. The van der Waals surface area contributed by atoms with Gasteiger partial charge in [0.1, 0.15) is 11.2 Å². The molecule has 0 aliphatic heterocycles. The molecule has 0 spiro atoms. The van der Waals surface area contributed by atoms with Crippen molar-refractivity contribution < 1.29 is 8.83 Å². The van der Waals surface area contributed by atoms with Crippen LogP contribution in [0.5, 0.6) is 0 Å². The van der Waals surface area contributed by atoms with Crippen LogP contribution in [0.3, 0.4) is 0 Å². The van der Waals surface area contributed by atoms with Gasteiger partial charge in [-0.2, -0.15) is 5.10 Å². The monoisotopic (exact) mass is 429 g/mol. The highest BCUT2D eigenvalue weighted by molar-refractivity contribution is 7.14. The standard InChI is InChI=1S/C23H15N3O4S/c1-13(16-10-14-6-2-4-8-19(14)29-21(16)27)25-26-23-24-18(12-31-23)17-11-15-7-3-5-9-20(15)30-22(17)28/h2-12H,1H3,(H,24,26)/b25-13+. The number of rotatable bonds is 4. The van der Waals surface area contributed by atoms with E-state index < -0.39 is 11.3 Å². The number of hydrazone groups is 1. The van der Waals surface area contributed by atoms with Crippen LogP contribution in [0.1, 0.15) is 12.5 Å². The second-order valence-corrected chi connectivity index (χ2v) is 7.68. The average Bonchev–Trinajstić information content (AvgIpc) is 3.25. The van der Waals surface area contributed by atoms with Crippen molar-refractivity contribution in [3.05, 3.63) is 92.4 Å². The minimum Gasteiger partial charge on any atom is -0.422 e. The Morgan fingerprint density at radius 2 is 1.58 bits per heavy atom. The first-order chi connectivity index (χ1) is 15.1. The van der Waals surface area contributed by atoms with Crippen LogP contribution < -0.4 is 16.7 Å². The molecule has 8 heteroatoms. The Bertz CT molecular complexity index is 1580. The highest BCUT2D eigenvalue weighted by atomic mass is 32.1. The number of thiazole rings is 1. The summed E-state index contributed by atoms with van der Waals surface area (Å²) in [5, 5.41) is 8.12. The van der Waals surface area contributed by atoms with E-state index >= 15 is 0 Å². The van der Waals surface area contributed by atoms with Crippen LogP contribution in [-0.4, -0.2) is 10.7 Å². The first kappa shape index (κ1) is 19.0. The van der Waals surface area contributed by atoms with Crippen molar-refractivity contribution >= 4 is 44.1 Å². The maximum atomic E-state index is 12.3. The number of nitrogens with zero attached hydrogens (tertiary/aromatic N) is 2. The second-order valence-electron chi connectivity index (χ2n) is 6.82. The van der Waals surface area contributed by atoms with Crippen molar-refractivity contribution in [2.24, 2.45) is 5.10 Å². The molecule has 0 saturated heterocycles. The third kappa shape index (κ3) is 3.64. The first-order valence-corrected chi connectivity index (χ1v) is 10.3. The molecular formula is C23H15N3O4S. The van der Waals surface area contributed by atoms with Crippen LogP contribution in [0.25, 0.3) is 33.2 Å². The quantitative estimate of drug-likeness (QED) is 0.249. The van der Waals surface area contributed by atoms with Crippen molar-refractivity contribution in [1.82, 2.24) is 4.98 Å². The molecule has 3 heterocycles. The van der Waals surface area contributed by atoms with Crippen molar-refractivity contribution in [3.63, 3.8) is 0 Å². The number of aromatic nitrogens is 1. The molecule has 152 valence electrons. The summed E-state index contributed by atoms with van der Waals surface area (Å²) in [4.78, 5) is 29.1. The summed E-state index contributed by atoms with van der Waals surface area (Å²) in [6.07, 6.45) is 0. The second kappa shape index (κ2) is 7.66. The molecule has 31 heavy (non-hydrogen) atoms. The number of hydrogen-bond donors (Lipinski definition) is 1. The third-order valence-electron chi connectivity index (χ3n) is 4.77. The number of fused-ring (bicyclic) bond motifs is 2. The lowest BCUT2D eigenvalue weighted by molar-refractivity contribution is 0.559. The van der Waals surface area contributed by atoms with Crippen LogP contribution in [0.15, 0.2) is 89.6 Å². The molecule has 0 bridgehead atoms. The Balaban J connectivity index is 1.43. The van der Waals surface area contributed by atoms with Crippen LogP contribution in [0, 0.1) is 0 Å². The number of para-hydroxylation sites is 2. The molecule has 5 aromatic rings. The summed E-state index contributed by atoms with van der Waals surface area (Å²) >= 11 is 1.29. The van der Waals surface area contributed by atoms with E-state index in [1.807, 2.05) is 36.4 Å². The van der Waals surface area contributed by atoms with Gasteiger partial charge in [0.15, 0.2) is 0 Å². The number of hydrogen-bond acceptors (Lipinski definition) is 8. The first-order valence-electron chi connectivity index (χ1n) is 9.41. The van der Waals surface area contributed by atoms with E-state index in [-0.39, 0.29) is 0 Å². The van der Waals surface area contributed by atoms with E-state index in [4.69, 9.17) is 8.83 Å². The Kier molecular flexibility index (Phi) is 4.68. The minimum absolute atomic E-state index is 0.359. The molecule has 0 fully saturated rings. The smallest absolute Gasteiger partial charge is 0.345 e. The zero-order valence-electron chi connectivity index (χ0n) is 16.3. The fraction of sp³-hybridized carbons (Fsp3) is 0.0435. The number of benzene rings is 2. The van der Waals surface area contributed by atoms with Gasteiger partial charge in [-0.3, -0.25) is 5.43 Å². The minimum atomic E-state index is -0.463. The Morgan fingerprint density at radius 1 is 0.935 bits per heavy atom. The lowest BCUT2D eigenvalue weighted by Crippen LogP contribution is -2.13. The fourth-order valence-corrected chi connectivity index (χ4v) is 3.85. The van der Waals surface area contributed by atoms with Gasteiger partial charge in [-0.05, 0) is 31.2 Å². The van der Waals surface area contributed by atoms with Crippen molar-refractivity contribution in [2.45, 2.75) is 6.92 Å². The normalized spacial score (nSPS) is 11.8. The lowest BCUT2D eigenvalue weighted by atomic mass is 10.1. The highest BCUT2D eigenvalue weighted by Gasteiger charge is 2.12. The van der Waals surface area contributed by atoms with Gasteiger partial charge in [-0.1, -0.05) is 36.4 Å². The van der Waals surface area contributed by atoms with E-state index in [0.717, 1.165) is 10.8 Å². The number of anilines is 1. The SMILES string of the molecule is C/C(=N\Nc1nc(-c2cc3ccccc3oc2=O)cs1)c1cc2ccccc2oc1=O. The van der Waals surface area contributed by atoms with Gasteiger partial charge in [-0.25, -0.2) is 14.6 Å². The maximum Gasteiger partial charge on any atom is 0.345 e. The molecule has 7 nitrogen and oxygen atoms in total. The lowest BCUT2D eigenvalue weighted by Gasteiger charge is -2.02. The van der Waals surface area contributed by atoms with E-state index in [2.05, 4.69) is 15.5 Å². The predicted molar refractivity (Wildman–Crippen MR) is 122 cm³/mol. The molecule has 1 N–H and O–H groups in total. The van der Waals surface area contributed by atoms with Crippen LogP contribution in [-0.2, 0) is 0 Å². The van der Waals surface area contributed by atoms with Gasteiger partial charge >= 0.3 is 11.3 Å². The molecule has 0 unspecified atom stereocenters. The van der Waals surface area contributed by atoms with E-state index in [1.165, 1.54) is 11.3 Å². The molecule has 3 aromatic heterocycles. The highest BCUT2D eigenvalue weighted by Crippen LogP contribution is 2.25. The van der Waals surface area contributed by atoms with Crippen molar-refractivity contribution in [1.29, 1.82) is 0 Å². The van der Waals surface area contributed by atoms with E-state index in [1.54, 1.807) is 36.6 Å².